The highest BCUT2D eigenvalue weighted by atomic mass is 15.1. The predicted molar refractivity (Wildman–Crippen MR) is 69.3 cm³/mol. The van der Waals surface area contributed by atoms with Gasteiger partial charge in [0.05, 0.1) is 0 Å². The van der Waals surface area contributed by atoms with Crippen molar-refractivity contribution in [3.63, 3.8) is 0 Å². The van der Waals surface area contributed by atoms with Gasteiger partial charge in [-0.2, -0.15) is 0 Å². The van der Waals surface area contributed by atoms with Gasteiger partial charge in [-0.3, -0.25) is 0 Å². The summed E-state index contributed by atoms with van der Waals surface area (Å²) >= 11 is 0. The molecule has 2 atom stereocenters. The quantitative estimate of drug-likeness (QED) is 0.668. The van der Waals surface area contributed by atoms with Crippen molar-refractivity contribution in [3.05, 3.63) is 0 Å². The fourth-order valence-corrected chi connectivity index (χ4v) is 1.71. The molecule has 92 valence electrons. The third kappa shape index (κ3) is 7.80. The Balaban J connectivity index is 3.59. The molecule has 2 nitrogen and oxygen atoms in total. The Morgan fingerprint density at radius 1 is 1.13 bits per heavy atom. The Kier molecular flexibility index (Phi) is 8.07. The molecule has 0 saturated heterocycles. The first-order valence-corrected chi connectivity index (χ1v) is 6.41. The fraction of sp³-hybridized carbons (Fsp3) is 1.00. The number of likely N-dealkylation sites (N-methyl/N-ethyl adjacent to an activating group) is 1. The lowest BCUT2D eigenvalue weighted by Gasteiger charge is -2.26. The summed E-state index contributed by atoms with van der Waals surface area (Å²) < 4.78 is 0. The van der Waals surface area contributed by atoms with E-state index in [1.165, 1.54) is 12.8 Å². The second-order valence-corrected chi connectivity index (χ2v) is 5.22. The molecule has 2 heteroatoms. The lowest BCUT2D eigenvalue weighted by atomic mass is 10.0. The lowest BCUT2D eigenvalue weighted by molar-refractivity contribution is 0.226. The van der Waals surface area contributed by atoms with Crippen LogP contribution in [0.2, 0.25) is 0 Å². The van der Waals surface area contributed by atoms with E-state index in [2.05, 4.69) is 51.9 Å². The van der Waals surface area contributed by atoms with E-state index >= 15 is 0 Å². The molecule has 0 aromatic heterocycles. The average molecular weight is 214 g/mol. The van der Waals surface area contributed by atoms with Crippen molar-refractivity contribution in [3.8, 4) is 0 Å². The van der Waals surface area contributed by atoms with Gasteiger partial charge in [0.15, 0.2) is 0 Å². The van der Waals surface area contributed by atoms with Crippen molar-refractivity contribution >= 4 is 0 Å². The summed E-state index contributed by atoms with van der Waals surface area (Å²) in [7, 11) is 2.23. The summed E-state index contributed by atoms with van der Waals surface area (Å²) in [6.45, 7) is 13.6. The van der Waals surface area contributed by atoms with Crippen LogP contribution in [0.1, 0.15) is 47.5 Å². The molecule has 0 bridgehead atoms. The molecule has 0 aromatic rings. The first-order valence-electron chi connectivity index (χ1n) is 6.41. The van der Waals surface area contributed by atoms with Crippen molar-refractivity contribution in [1.82, 2.24) is 10.2 Å². The zero-order chi connectivity index (χ0) is 11.8. The largest absolute Gasteiger partial charge is 0.313 e. The molecule has 0 radical (unpaired) electrons. The maximum Gasteiger partial charge on any atom is 0.0107 e. The molecule has 2 unspecified atom stereocenters. The summed E-state index contributed by atoms with van der Waals surface area (Å²) in [6.07, 6.45) is 2.51. The van der Waals surface area contributed by atoms with Gasteiger partial charge >= 0.3 is 0 Å². The van der Waals surface area contributed by atoms with E-state index in [1.54, 1.807) is 0 Å². The highest BCUT2D eigenvalue weighted by molar-refractivity contribution is 4.67. The summed E-state index contributed by atoms with van der Waals surface area (Å²) in [5.41, 5.74) is 0. The minimum absolute atomic E-state index is 0.652. The van der Waals surface area contributed by atoms with E-state index in [4.69, 9.17) is 0 Å². The third-order valence-corrected chi connectivity index (χ3v) is 3.13. The molecule has 0 spiro atoms. The monoisotopic (exact) mass is 214 g/mol. The highest BCUT2D eigenvalue weighted by Gasteiger charge is 2.10. The van der Waals surface area contributed by atoms with Gasteiger partial charge in [-0.05, 0) is 39.7 Å². The standard InChI is InChI=1S/C13H30N2/c1-7-12(4)14-8-9-15(6)13(5)10-11(2)3/h11-14H,7-10H2,1-6H3. The number of hydrogen-bond acceptors (Lipinski definition) is 2. The normalized spacial score (nSPS) is 16.0. The van der Waals surface area contributed by atoms with Gasteiger partial charge in [0.2, 0.25) is 0 Å². The van der Waals surface area contributed by atoms with Gasteiger partial charge in [-0.15, -0.1) is 0 Å². The predicted octanol–water partition coefficient (Wildman–Crippen LogP) is 2.74. The molecule has 0 saturated carbocycles. The van der Waals surface area contributed by atoms with Crippen LogP contribution in [0.5, 0.6) is 0 Å². The van der Waals surface area contributed by atoms with E-state index in [1.807, 2.05) is 0 Å². The van der Waals surface area contributed by atoms with Crippen molar-refractivity contribution < 1.29 is 0 Å². The molecule has 0 amide bonds. The number of hydrogen-bond donors (Lipinski definition) is 1. The summed E-state index contributed by atoms with van der Waals surface area (Å²) in [6, 6.07) is 1.35. The lowest BCUT2D eigenvalue weighted by Crippen LogP contribution is -2.38. The van der Waals surface area contributed by atoms with Gasteiger partial charge in [-0.1, -0.05) is 20.8 Å². The van der Waals surface area contributed by atoms with Gasteiger partial charge in [0, 0.05) is 25.2 Å². The van der Waals surface area contributed by atoms with Crippen LogP contribution in [0, 0.1) is 5.92 Å². The van der Waals surface area contributed by atoms with Crippen LogP contribution in [0.4, 0.5) is 0 Å². The Labute approximate surface area is 96.4 Å². The average Bonchev–Trinajstić information content (AvgIpc) is 2.16. The van der Waals surface area contributed by atoms with Crippen LogP contribution < -0.4 is 5.32 Å². The van der Waals surface area contributed by atoms with E-state index in [0.29, 0.717) is 12.1 Å². The smallest absolute Gasteiger partial charge is 0.0107 e. The molecular weight excluding hydrogens is 184 g/mol. The molecule has 0 fully saturated rings. The first kappa shape index (κ1) is 14.9. The number of nitrogens with one attached hydrogen (secondary N) is 1. The summed E-state index contributed by atoms with van der Waals surface area (Å²) in [5.74, 6) is 0.796. The SMILES string of the molecule is CCC(C)NCCN(C)C(C)CC(C)C. The molecule has 0 aliphatic carbocycles. The molecule has 1 N–H and O–H groups in total. The Morgan fingerprint density at radius 3 is 2.20 bits per heavy atom. The van der Waals surface area contributed by atoms with E-state index in [9.17, 15) is 0 Å². The Bertz CT molecular complexity index is 145. The summed E-state index contributed by atoms with van der Waals surface area (Å²) in [5, 5.41) is 3.53. The number of nitrogens with zero attached hydrogens (tertiary/aromatic N) is 1. The zero-order valence-electron chi connectivity index (χ0n) is 11.5. The van der Waals surface area contributed by atoms with Crippen LogP contribution >= 0.6 is 0 Å². The van der Waals surface area contributed by atoms with Crippen LogP contribution in [0.15, 0.2) is 0 Å². The van der Waals surface area contributed by atoms with Crippen molar-refractivity contribution in [2.24, 2.45) is 5.92 Å². The molecule has 0 aromatic carbocycles. The van der Waals surface area contributed by atoms with Crippen LogP contribution in [0.3, 0.4) is 0 Å². The Morgan fingerprint density at radius 2 is 1.73 bits per heavy atom. The first-order chi connectivity index (χ1) is 6.97. The highest BCUT2D eigenvalue weighted by Crippen LogP contribution is 2.08. The molecule has 0 aliphatic heterocycles. The Hall–Kier alpha value is -0.0800. The van der Waals surface area contributed by atoms with E-state index in [-0.39, 0.29) is 0 Å². The molecule has 15 heavy (non-hydrogen) atoms. The minimum atomic E-state index is 0.652. The van der Waals surface area contributed by atoms with E-state index in [0.717, 1.165) is 19.0 Å². The van der Waals surface area contributed by atoms with Gasteiger partial charge in [0.25, 0.3) is 0 Å². The maximum atomic E-state index is 3.53. The minimum Gasteiger partial charge on any atom is -0.313 e. The van der Waals surface area contributed by atoms with Gasteiger partial charge in [-0.25, -0.2) is 0 Å². The number of rotatable bonds is 8. The molecule has 0 rings (SSSR count). The van der Waals surface area contributed by atoms with Crippen LogP contribution in [-0.4, -0.2) is 37.1 Å². The van der Waals surface area contributed by atoms with Crippen molar-refractivity contribution in [1.29, 1.82) is 0 Å². The van der Waals surface area contributed by atoms with Crippen molar-refractivity contribution in [2.75, 3.05) is 20.1 Å². The van der Waals surface area contributed by atoms with Gasteiger partial charge < -0.3 is 10.2 Å². The molecular formula is C13H30N2. The topological polar surface area (TPSA) is 15.3 Å². The van der Waals surface area contributed by atoms with Crippen LogP contribution in [-0.2, 0) is 0 Å². The second kappa shape index (κ2) is 8.12. The second-order valence-electron chi connectivity index (χ2n) is 5.22. The van der Waals surface area contributed by atoms with E-state index < -0.39 is 0 Å². The van der Waals surface area contributed by atoms with Gasteiger partial charge in [0.1, 0.15) is 0 Å². The zero-order valence-corrected chi connectivity index (χ0v) is 11.5. The van der Waals surface area contributed by atoms with Crippen molar-refractivity contribution in [2.45, 2.75) is 59.5 Å². The third-order valence-electron chi connectivity index (χ3n) is 3.13. The fourth-order valence-electron chi connectivity index (χ4n) is 1.71. The molecule has 0 aliphatic rings. The maximum absolute atomic E-state index is 3.53. The summed E-state index contributed by atoms with van der Waals surface area (Å²) in [4.78, 5) is 2.45. The molecule has 0 heterocycles. The van der Waals surface area contributed by atoms with Crippen LogP contribution in [0.25, 0.3) is 0 Å².